The minimum atomic E-state index is -3.17. The van der Waals surface area contributed by atoms with Crippen LogP contribution in [0.3, 0.4) is 0 Å². The number of halogens is 3. The van der Waals surface area contributed by atoms with Crippen molar-refractivity contribution in [1.82, 2.24) is 15.3 Å². The number of rotatable bonds is 6. The van der Waals surface area contributed by atoms with Crippen LogP contribution < -0.4 is 15.0 Å². The van der Waals surface area contributed by atoms with Gasteiger partial charge in [0.15, 0.2) is 11.6 Å². The molecule has 12 heteroatoms. The Bertz CT molecular complexity index is 1160. The van der Waals surface area contributed by atoms with Gasteiger partial charge in [-0.3, -0.25) is 9.78 Å². The van der Waals surface area contributed by atoms with Gasteiger partial charge in [-0.2, -0.15) is 8.78 Å². The minimum absolute atomic E-state index is 0.151. The number of anilines is 1. The monoisotopic (exact) mass is 450 g/mol. The number of aromatic nitrogens is 2. The summed E-state index contributed by atoms with van der Waals surface area (Å²) in [5, 5.41) is 12.1. The van der Waals surface area contributed by atoms with E-state index in [0.29, 0.717) is 25.9 Å². The lowest BCUT2D eigenvalue weighted by molar-refractivity contribution is -0.0520. The zero-order chi connectivity index (χ0) is 22.8. The fourth-order valence-corrected chi connectivity index (χ4v) is 3.43. The Morgan fingerprint density at radius 2 is 1.94 bits per heavy atom. The number of nitrogens with one attached hydrogen (secondary N) is 1. The maximum absolute atomic E-state index is 14.0. The lowest BCUT2D eigenvalue weighted by Gasteiger charge is -2.31. The number of amides is 1. The molecule has 1 aliphatic rings. The summed E-state index contributed by atoms with van der Waals surface area (Å²) in [5.74, 6) is -3.46. The number of pyridine rings is 1. The number of nitrogens with zero attached hydrogens (tertiary/aromatic N) is 3. The molecule has 0 atom stereocenters. The normalized spacial score (nSPS) is 14.7. The van der Waals surface area contributed by atoms with Crippen molar-refractivity contribution in [3.63, 3.8) is 0 Å². The number of fused-ring (bicyclic) bond motifs is 1. The van der Waals surface area contributed by atoms with E-state index in [0.717, 1.165) is 18.3 Å². The molecule has 0 spiro atoms. The van der Waals surface area contributed by atoms with Gasteiger partial charge in [-0.05, 0) is 25.0 Å². The van der Waals surface area contributed by atoms with Crippen LogP contribution in [0.2, 0.25) is 0 Å². The Balaban J connectivity index is 1.39. The van der Waals surface area contributed by atoms with Crippen LogP contribution in [-0.4, -0.2) is 52.7 Å². The summed E-state index contributed by atoms with van der Waals surface area (Å²) in [7, 11) is 0. The highest BCUT2D eigenvalue weighted by Crippen LogP contribution is 2.26. The van der Waals surface area contributed by atoms with Crippen molar-refractivity contribution in [1.29, 1.82) is 0 Å². The summed E-state index contributed by atoms with van der Waals surface area (Å²) in [6, 6.07) is 3.51. The Morgan fingerprint density at radius 1 is 1.19 bits per heavy atom. The van der Waals surface area contributed by atoms with Crippen molar-refractivity contribution in [2.45, 2.75) is 25.5 Å². The molecule has 0 unspecified atom stereocenters. The quantitative estimate of drug-likeness (QED) is 0.589. The van der Waals surface area contributed by atoms with E-state index in [1.165, 1.54) is 12.3 Å². The molecule has 4 rings (SSSR count). The van der Waals surface area contributed by atoms with Gasteiger partial charge in [0.1, 0.15) is 0 Å². The van der Waals surface area contributed by atoms with Gasteiger partial charge in [0.2, 0.25) is 5.76 Å². The van der Waals surface area contributed by atoms with Crippen LogP contribution in [0.4, 0.5) is 19.2 Å². The summed E-state index contributed by atoms with van der Waals surface area (Å²) < 4.78 is 48.0. The number of carbonyl (C=O) groups is 2. The first-order valence-corrected chi connectivity index (χ1v) is 9.59. The molecule has 32 heavy (non-hydrogen) atoms. The van der Waals surface area contributed by atoms with Crippen molar-refractivity contribution < 1.29 is 37.0 Å². The van der Waals surface area contributed by atoms with Crippen LogP contribution in [0.5, 0.6) is 5.75 Å². The van der Waals surface area contributed by atoms with Crippen molar-refractivity contribution in [2.75, 3.05) is 18.0 Å². The van der Waals surface area contributed by atoms with Gasteiger partial charge in [-0.25, -0.2) is 14.2 Å². The Morgan fingerprint density at radius 3 is 2.59 bits per heavy atom. The summed E-state index contributed by atoms with van der Waals surface area (Å²) in [6.45, 7) is -2.17. The number of alkyl halides is 2. The average molecular weight is 450 g/mol. The smallest absolute Gasteiger partial charge is 0.387 e. The van der Waals surface area contributed by atoms with Crippen LogP contribution in [0, 0.1) is 5.82 Å². The summed E-state index contributed by atoms with van der Waals surface area (Å²) in [4.78, 5) is 33.3. The molecule has 168 valence electrons. The molecule has 0 radical (unpaired) electrons. The number of benzene rings is 1. The number of hydrogen-bond acceptors (Lipinski definition) is 7. The second-order valence-electron chi connectivity index (χ2n) is 7.12. The summed E-state index contributed by atoms with van der Waals surface area (Å²) in [5.41, 5.74) is 0.402. The third-order valence-corrected chi connectivity index (χ3v) is 5.02. The number of carboxylic acid groups (broad SMARTS) is 1. The number of carboxylic acids is 1. The van der Waals surface area contributed by atoms with Gasteiger partial charge in [0.25, 0.3) is 11.9 Å². The summed E-state index contributed by atoms with van der Waals surface area (Å²) in [6.07, 6.45) is 3.56. The molecular formula is C20H17F3N4O5. The van der Waals surface area contributed by atoms with E-state index < -0.39 is 30.1 Å². The molecule has 3 aromatic rings. The first kappa shape index (κ1) is 21.4. The third kappa shape index (κ3) is 4.58. The highest BCUT2D eigenvalue weighted by Gasteiger charge is 2.25. The fraction of sp³-hybridized carbons (Fsp3) is 0.300. The number of carbonyl (C=O) groups excluding carboxylic acids is 1. The molecule has 3 heterocycles. The van der Waals surface area contributed by atoms with Crippen molar-refractivity contribution >= 4 is 28.8 Å². The Hall–Kier alpha value is -3.83. The van der Waals surface area contributed by atoms with E-state index in [-0.39, 0.29) is 34.3 Å². The number of aromatic carboxylic acids is 1. The van der Waals surface area contributed by atoms with Gasteiger partial charge in [-0.15, -0.1) is 0 Å². The average Bonchev–Trinajstić information content (AvgIpc) is 3.25. The molecular weight excluding hydrogens is 433 g/mol. The standard InChI is InChI=1S/C20H17F3N4O5/c21-13-6-10-5-11(8-24-14(10)7-15(13)31-19(22)23)17(28)26-12-1-3-27(4-2-12)20-25-9-16(32-20)18(29)30/h5-9,12,19H,1-4H2,(H,26,28)(H,29,30). The number of oxazole rings is 1. The van der Waals surface area contributed by atoms with E-state index in [1.807, 2.05) is 0 Å². The Labute approximate surface area is 178 Å². The molecule has 1 aliphatic heterocycles. The zero-order valence-corrected chi connectivity index (χ0v) is 16.4. The molecule has 9 nitrogen and oxygen atoms in total. The molecule has 1 amide bonds. The van der Waals surface area contributed by atoms with Crippen molar-refractivity contribution in [2.24, 2.45) is 0 Å². The van der Waals surface area contributed by atoms with Gasteiger partial charge >= 0.3 is 12.6 Å². The predicted molar refractivity (Wildman–Crippen MR) is 104 cm³/mol. The largest absolute Gasteiger partial charge is 0.475 e. The van der Waals surface area contributed by atoms with Crippen molar-refractivity contribution in [3.8, 4) is 5.75 Å². The first-order valence-electron chi connectivity index (χ1n) is 9.59. The van der Waals surface area contributed by atoms with Crippen molar-refractivity contribution in [3.05, 3.63) is 47.7 Å². The van der Waals surface area contributed by atoms with E-state index in [1.54, 1.807) is 4.90 Å². The fourth-order valence-electron chi connectivity index (χ4n) is 3.43. The van der Waals surface area contributed by atoms with E-state index in [2.05, 4.69) is 20.0 Å². The molecule has 2 N–H and O–H groups in total. The molecule has 1 aromatic carbocycles. The van der Waals surface area contributed by atoms with Gasteiger partial charge in [0.05, 0.1) is 17.3 Å². The number of ether oxygens (including phenoxy) is 1. The molecule has 1 saturated heterocycles. The van der Waals surface area contributed by atoms with Crippen LogP contribution >= 0.6 is 0 Å². The minimum Gasteiger partial charge on any atom is -0.475 e. The second-order valence-corrected chi connectivity index (χ2v) is 7.12. The first-order chi connectivity index (χ1) is 15.3. The number of hydrogen-bond donors (Lipinski definition) is 2. The lowest BCUT2D eigenvalue weighted by Crippen LogP contribution is -2.44. The topological polar surface area (TPSA) is 118 Å². The van der Waals surface area contributed by atoms with Crippen LogP contribution in [-0.2, 0) is 0 Å². The molecule has 0 bridgehead atoms. The summed E-state index contributed by atoms with van der Waals surface area (Å²) >= 11 is 0. The highest BCUT2D eigenvalue weighted by molar-refractivity contribution is 5.97. The van der Waals surface area contributed by atoms with E-state index in [4.69, 9.17) is 9.52 Å². The highest BCUT2D eigenvalue weighted by atomic mass is 19.3. The maximum atomic E-state index is 14.0. The van der Waals surface area contributed by atoms with Crippen LogP contribution in [0.1, 0.15) is 33.8 Å². The second kappa shape index (κ2) is 8.73. The number of piperidine rings is 1. The zero-order valence-electron chi connectivity index (χ0n) is 16.4. The third-order valence-electron chi connectivity index (χ3n) is 5.02. The molecule has 2 aromatic heterocycles. The van der Waals surface area contributed by atoms with Gasteiger partial charge in [0, 0.05) is 36.8 Å². The maximum Gasteiger partial charge on any atom is 0.387 e. The molecule has 0 aliphatic carbocycles. The van der Waals surface area contributed by atoms with Gasteiger partial charge < -0.3 is 24.5 Å². The van der Waals surface area contributed by atoms with Gasteiger partial charge in [-0.1, -0.05) is 0 Å². The molecule has 0 saturated carbocycles. The Kier molecular flexibility index (Phi) is 5.84. The van der Waals surface area contributed by atoms with Crippen LogP contribution in [0.25, 0.3) is 10.9 Å². The van der Waals surface area contributed by atoms with E-state index in [9.17, 15) is 22.8 Å². The van der Waals surface area contributed by atoms with E-state index >= 15 is 0 Å². The van der Waals surface area contributed by atoms with Crippen LogP contribution in [0.15, 0.2) is 35.0 Å². The predicted octanol–water partition coefficient (Wildman–Crippen LogP) is 3.06. The lowest BCUT2D eigenvalue weighted by atomic mass is 10.0. The SMILES string of the molecule is O=C(NC1CCN(c2ncc(C(=O)O)o2)CC1)c1cnc2cc(OC(F)F)c(F)cc2c1. The molecule has 1 fully saturated rings.